The van der Waals surface area contributed by atoms with Gasteiger partial charge in [0.15, 0.2) is 0 Å². The molecule has 2 heterocycles. The van der Waals surface area contributed by atoms with Crippen LogP contribution in [0.15, 0.2) is 36.4 Å². The standard InChI is InChI=1S/C22H24ClN3O2/c1-3-25-19-13-15(21(27)24-16-8-10-18(23)14(2)12-16)7-9-17(19)22(28)26-11-5-4-6-20(25)26/h7-10,12-13,20H,3-6,11H2,1-2H3,(H,24,27)/t20-/m1/s1. The second-order valence-corrected chi connectivity index (χ2v) is 7.82. The zero-order chi connectivity index (χ0) is 19.8. The highest BCUT2D eigenvalue weighted by Crippen LogP contribution is 2.35. The minimum absolute atomic E-state index is 0.0738. The maximum absolute atomic E-state index is 12.9. The van der Waals surface area contributed by atoms with E-state index in [-0.39, 0.29) is 18.0 Å². The number of nitrogens with zero attached hydrogens (tertiary/aromatic N) is 2. The molecule has 1 saturated heterocycles. The van der Waals surface area contributed by atoms with Gasteiger partial charge in [-0.25, -0.2) is 0 Å². The normalized spacial score (nSPS) is 18.5. The SMILES string of the molecule is CCN1c2cc(C(=O)Nc3ccc(Cl)c(C)c3)ccc2C(=O)N2CCCC[C@@H]21. The van der Waals surface area contributed by atoms with E-state index in [1.54, 1.807) is 24.3 Å². The first-order chi connectivity index (χ1) is 13.5. The number of anilines is 2. The number of fused-ring (bicyclic) bond motifs is 2. The molecule has 6 heteroatoms. The predicted octanol–water partition coefficient (Wildman–Crippen LogP) is 4.69. The van der Waals surface area contributed by atoms with Crippen molar-refractivity contribution < 1.29 is 9.59 Å². The molecule has 0 radical (unpaired) electrons. The molecule has 2 aliphatic rings. The van der Waals surface area contributed by atoms with E-state index >= 15 is 0 Å². The number of hydrogen-bond acceptors (Lipinski definition) is 3. The number of nitrogens with one attached hydrogen (secondary N) is 1. The molecular weight excluding hydrogens is 374 g/mol. The van der Waals surface area contributed by atoms with Crippen molar-refractivity contribution in [1.82, 2.24) is 4.90 Å². The van der Waals surface area contributed by atoms with Crippen LogP contribution < -0.4 is 10.2 Å². The lowest BCUT2D eigenvalue weighted by Crippen LogP contribution is -2.57. The van der Waals surface area contributed by atoms with E-state index in [4.69, 9.17) is 11.6 Å². The van der Waals surface area contributed by atoms with Crippen LogP contribution in [-0.2, 0) is 0 Å². The fourth-order valence-corrected chi connectivity index (χ4v) is 4.31. The van der Waals surface area contributed by atoms with Gasteiger partial charge in [-0.15, -0.1) is 0 Å². The van der Waals surface area contributed by atoms with Gasteiger partial charge in [0.25, 0.3) is 11.8 Å². The van der Waals surface area contributed by atoms with Gasteiger partial charge < -0.3 is 15.1 Å². The number of piperidine rings is 1. The van der Waals surface area contributed by atoms with Gasteiger partial charge in [0.2, 0.25) is 0 Å². The van der Waals surface area contributed by atoms with Crippen molar-refractivity contribution in [2.24, 2.45) is 0 Å². The minimum Gasteiger partial charge on any atom is -0.351 e. The Bertz CT molecular complexity index is 943. The van der Waals surface area contributed by atoms with Crippen LogP contribution >= 0.6 is 11.6 Å². The molecule has 5 nitrogen and oxygen atoms in total. The summed E-state index contributed by atoms with van der Waals surface area (Å²) < 4.78 is 0. The van der Waals surface area contributed by atoms with E-state index in [1.165, 1.54) is 0 Å². The first kappa shape index (κ1) is 18.8. The van der Waals surface area contributed by atoms with Gasteiger partial charge in [-0.05, 0) is 75.1 Å². The zero-order valence-corrected chi connectivity index (χ0v) is 16.9. The highest BCUT2D eigenvalue weighted by atomic mass is 35.5. The van der Waals surface area contributed by atoms with E-state index in [0.717, 1.165) is 43.6 Å². The summed E-state index contributed by atoms with van der Waals surface area (Å²) in [6, 6.07) is 10.8. The fraction of sp³-hybridized carbons (Fsp3) is 0.364. The van der Waals surface area contributed by atoms with Crippen molar-refractivity contribution in [3.8, 4) is 0 Å². The molecule has 0 unspecified atom stereocenters. The van der Waals surface area contributed by atoms with Crippen LogP contribution in [0, 0.1) is 6.92 Å². The predicted molar refractivity (Wildman–Crippen MR) is 112 cm³/mol. The smallest absolute Gasteiger partial charge is 0.257 e. The molecule has 2 amide bonds. The highest BCUT2D eigenvalue weighted by Gasteiger charge is 2.38. The third-order valence-electron chi connectivity index (χ3n) is 5.65. The van der Waals surface area contributed by atoms with Crippen LogP contribution in [0.1, 0.15) is 52.5 Å². The van der Waals surface area contributed by atoms with Crippen LogP contribution in [0.25, 0.3) is 0 Å². The lowest BCUT2D eigenvalue weighted by atomic mass is 9.97. The van der Waals surface area contributed by atoms with Gasteiger partial charge in [-0.1, -0.05) is 11.6 Å². The molecular formula is C22H24ClN3O2. The van der Waals surface area contributed by atoms with Crippen molar-refractivity contribution in [3.05, 3.63) is 58.1 Å². The molecule has 1 fully saturated rings. The molecule has 1 N–H and O–H groups in total. The molecule has 0 aromatic heterocycles. The summed E-state index contributed by atoms with van der Waals surface area (Å²) in [5.41, 5.74) is 3.69. The Hall–Kier alpha value is -2.53. The minimum atomic E-state index is -0.195. The topological polar surface area (TPSA) is 52.7 Å². The summed E-state index contributed by atoms with van der Waals surface area (Å²) in [5.74, 6) is -0.121. The summed E-state index contributed by atoms with van der Waals surface area (Å²) >= 11 is 6.06. The Balaban J connectivity index is 1.65. The van der Waals surface area contributed by atoms with Crippen LogP contribution in [0.4, 0.5) is 11.4 Å². The summed E-state index contributed by atoms with van der Waals surface area (Å²) in [6.07, 6.45) is 3.24. The lowest BCUT2D eigenvalue weighted by molar-refractivity contribution is 0.0582. The van der Waals surface area contributed by atoms with Crippen LogP contribution in [-0.4, -0.2) is 36.0 Å². The number of carbonyl (C=O) groups excluding carboxylic acids is 2. The van der Waals surface area contributed by atoms with Gasteiger partial charge in [0, 0.05) is 29.4 Å². The molecule has 2 aromatic carbocycles. The van der Waals surface area contributed by atoms with Gasteiger partial charge in [0.1, 0.15) is 6.17 Å². The largest absolute Gasteiger partial charge is 0.351 e. The Kier molecular flexibility index (Phi) is 5.02. The number of rotatable bonds is 3. The number of amides is 2. The maximum Gasteiger partial charge on any atom is 0.257 e. The van der Waals surface area contributed by atoms with E-state index in [2.05, 4.69) is 17.1 Å². The first-order valence-electron chi connectivity index (χ1n) is 9.78. The average molecular weight is 398 g/mol. The number of halogens is 1. The van der Waals surface area contributed by atoms with E-state index in [9.17, 15) is 9.59 Å². The molecule has 2 aliphatic heterocycles. The van der Waals surface area contributed by atoms with Crippen LogP contribution in [0.5, 0.6) is 0 Å². The summed E-state index contributed by atoms with van der Waals surface area (Å²) in [6.45, 7) is 5.59. The fourth-order valence-electron chi connectivity index (χ4n) is 4.19. The zero-order valence-electron chi connectivity index (χ0n) is 16.2. The summed E-state index contributed by atoms with van der Waals surface area (Å²) in [5, 5.41) is 3.59. The average Bonchev–Trinajstić information content (AvgIpc) is 2.71. The molecule has 28 heavy (non-hydrogen) atoms. The van der Waals surface area contributed by atoms with Crippen molar-refractivity contribution in [3.63, 3.8) is 0 Å². The Morgan fingerprint density at radius 3 is 2.79 bits per heavy atom. The number of benzene rings is 2. The molecule has 0 saturated carbocycles. The molecule has 146 valence electrons. The molecule has 0 aliphatic carbocycles. The lowest BCUT2D eigenvalue weighted by Gasteiger charge is -2.47. The molecule has 1 atom stereocenters. The molecule has 0 bridgehead atoms. The van der Waals surface area contributed by atoms with Crippen LogP contribution in [0.3, 0.4) is 0 Å². The highest BCUT2D eigenvalue weighted by molar-refractivity contribution is 6.31. The van der Waals surface area contributed by atoms with Gasteiger partial charge >= 0.3 is 0 Å². The Morgan fingerprint density at radius 2 is 2.04 bits per heavy atom. The Morgan fingerprint density at radius 1 is 1.21 bits per heavy atom. The molecule has 0 spiro atoms. The van der Waals surface area contributed by atoms with Crippen molar-refractivity contribution >= 4 is 34.8 Å². The van der Waals surface area contributed by atoms with Crippen molar-refractivity contribution in [2.45, 2.75) is 39.3 Å². The van der Waals surface area contributed by atoms with Gasteiger partial charge in [0.05, 0.1) is 11.3 Å². The number of aryl methyl sites for hydroxylation is 1. The Labute approximate surface area is 170 Å². The number of hydrogen-bond donors (Lipinski definition) is 1. The van der Waals surface area contributed by atoms with Gasteiger partial charge in [-0.3, -0.25) is 9.59 Å². The van der Waals surface area contributed by atoms with Crippen molar-refractivity contribution in [1.29, 1.82) is 0 Å². The second-order valence-electron chi connectivity index (χ2n) is 7.41. The summed E-state index contributed by atoms with van der Waals surface area (Å²) in [7, 11) is 0. The second kappa shape index (κ2) is 7.47. The third-order valence-corrected chi connectivity index (χ3v) is 6.07. The monoisotopic (exact) mass is 397 g/mol. The van der Waals surface area contributed by atoms with E-state index < -0.39 is 0 Å². The first-order valence-corrected chi connectivity index (χ1v) is 10.2. The van der Waals surface area contributed by atoms with Crippen LogP contribution in [0.2, 0.25) is 5.02 Å². The quantitative estimate of drug-likeness (QED) is 0.817. The van der Waals surface area contributed by atoms with E-state index in [0.29, 0.717) is 21.8 Å². The maximum atomic E-state index is 12.9. The van der Waals surface area contributed by atoms with Crippen molar-refractivity contribution in [2.75, 3.05) is 23.3 Å². The van der Waals surface area contributed by atoms with E-state index in [1.807, 2.05) is 24.0 Å². The van der Waals surface area contributed by atoms with Gasteiger partial charge in [-0.2, -0.15) is 0 Å². The molecule has 4 rings (SSSR count). The molecule has 2 aromatic rings. The summed E-state index contributed by atoms with van der Waals surface area (Å²) in [4.78, 5) is 30.0. The third kappa shape index (κ3) is 3.24. The number of carbonyl (C=O) groups is 2.